The van der Waals surface area contributed by atoms with Gasteiger partial charge in [0.25, 0.3) is 0 Å². The molecule has 1 aliphatic heterocycles. The van der Waals surface area contributed by atoms with Crippen LogP contribution < -0.4 is 10.1 Å². The number of aliphatic imine (C=N–C) groups is 2. The Balaban J connectivity index is 1.37. The van der Waals surface area contributed by atoms with Crippen LogP contribution in [0.4, 0.5) is 0 Å². The lowest BCUT2D eigenvalue weighted by molar-refractivity contribution is 0.242. The molecular formula is C26H26N6OS. The van der Waals surface area contributed by atoms with Crippen LogP contribution in [0, 0.1) is 11.3 Å². The second-order valence-corrected chi connectivity index (χ2v) is 9.67. The van der Waals surface area contributed by atoms with E-state index in [0.29, 0.717) is 23.8 Å². The summed E-state index contributed by atoms with van der Waals surface area (Å²) in [4.78, 5) is 9.02. The van der Waals surface area contributed by atoms with Crippen molar-refractivity contribution in [3.05, 3.63) is 53.1 Å². The molecule has 2 heterocycles. The van der Waals surface area contributed by atoms with Crippen LogP contribution in [0.5, 0.6) is 5.75 Å². The summed E-state index contributed by atoms with van der Waals surface area (Å²) in [5, 5.41) is 23.5. The third kappa shape index (κ3) is 4.63. The van der Waals surface area contributed by atoms with E-state index in [1.54, 1.807) is 11.3 Å². The van der Waals surface area contributed by atoms with Gasteiger partial charge in [0.1, 0.15) is 28.0 Å². The number of fused-ring (bicyclic) bond motifs is 1. The van der Waals surface area contributed by atoms with E-state index in [1.807, 2.05) is 38.3 Å². The summed E-state index contributed by atoms with van der Waals surface area (Å²) in [5.74, 6) is 0.912. The van der Waals surface area contributed by atoms with Gasteiger partial charge in [-0.15, -0.1) is 10.2 Å². The topological polar surface area (TPSA) is 95.6 Å². The molecule has 34 heavy (non-hydrogen) atoms. The van der Waals surface area contributed by atoms with Crippen molar-refractivity contribution in [2.24, 2.45) is 9.98 Å². The van der Waals surface area contributed by atoms with E-state index in [1.165, 1.54) is 11.1 Å². The molecule has 5 rings (SSSR count). The highest BCUT2D eigenvalue weighted by Gasteiger charge is 2.25. The fraction of sp³-hybridized carbons (Fsp3) is 0.346. The van der Waals surface area contributed by atoms with E-state index in [2.05, 4.69) is 56.0 Å². The molecule has 0 bridgehead atoms. The van der Waals surface area contributed by atoms with Gasteiger partial charge in [0.2, 0.25) is 0 Å². The van der Waals surface area contributed by atoms with Gasteiger partial charge in [-0.1, -0.05) is 29.5 Å². The first-order valence-corrected chi connectivity index (χ1v) is 12.4. The molecule has 172 valence electrons. The van der Waals surface area contributed by atoms with E-state index in [9.17, 15) is 5.26 Å². The third-order valence-electron chi connectivity index (χ3n) is 5.98. The number of nitrogens with zero attached hydrogens (tertiary/aromatic N) is 5. The summed E-state index contributed by atoms with van der Waals surface area (Å²) in [6.45, 7) is 5.39. The van der Waals surface area contributed by atoms with Crippen molar-refractivity contribution in [3.8, 4) is 33.0 Å². The minimum Gasteiger partial charge on any atom is -0.490 e. The van der Waals surface area contributed by atoms with E-state index in [-0.39, 0.29) is 12.3 Å². The van der Waals surface area contributed by atoms with E-state index in [4.69, 9.17) is 4.74 Å². The average Bonchev–Trinajstić information content (AvgIpc) is 3.60. The molecule has 8 heteroatoms. The normalized spacial score (nSPS) is 19.1. The summed E-state index contributed by atoms with van der Waals surface area (Å²) >= 11 is 1.55. The summed E-state index contributed by atoms with van der Waals surface area (Å²) in [5.41, 5.74) is 5.17. The summed E-state index contributed by atoms with van der Waals surface area (Å²) in [7, 11) is 0. The molecule has 1 N–H and O–H groups in total. The first kappa shape index (κ1) is 22.4. The van der Waals surface area contributed by atoms with Gasteiger partial charge in [-0.3, -0.25) is 15.3 Å². The predicted molar refractivity (Wildman–Crippen MR) is 136 cm³/mol. The molecule has 0 saturated heterocycles. The summed E-state index contributed by atoms with van der Waals surface area (Å²) in [6.07, 6.45) is 6.15. The number of nitrogens with one attached hydrogen (secondary N) is 1. The molecule has 0 radical (unpaired) electrons. The second kappa shape index (κ2) is 9.84. The average molecular weight is 471 g/mol. The van der Waals surface area contributed by atoms with Crippen LogP contribution in [-0.2, 0) is 6.42 Å². The Morgan fingerprint density at radius 2 is 2.15 bits per heavy atom. The van der Waals surface area contributed by atoms with E-state index < -0.39 is 0 Å². The SMILES string of the molecule is CC(C)Oc1ccc(-c2nnc(-c3cccc4c3CCC4C=NCC3N=CCN3)s2)cc1C#N. The van der Waals surface area contributed by atoms with E-state index >= 15 is 0 Å². The molecule has 2 unspecified atom stereocenters. The van der Waals surface area contributed by atoms with Crippen LogP contribution in [0.3, 0.4) is 0 Å². The van der Waals surface area contributed by atoms with Crippen molar-refractivity contribution in [1.82, 2.24) is 15.5 Å². The molecule has 0 spiro atoms. The predicted octanol–water partition coefficient (Wildman–Crippen LogP) is 4.63. The van der Waals surface area contributed by atoms with Crippen LogP contribution >= 0.6 is 11.3 Å². The quantitative estimate of drug-likeness (QED) is 0.508. The van der Waals surface area contributed by atoms with Crippen molar-refractivity contribution in [3.63, 3.8) is 0 Å². The van der Waals surface area contributed by atoms with Crippen LogP contribution in [-0.4, -0.2) is 48.0 Å². The van der Waals surface area contributed by atoms with Crippen molar-refractivity contribution in [2.75, 3.05) is 13.1 Å². The van der Waals surface area contributed by atoms with Gasteiger partial charge in [0, 0.05) is 36.0 Å². The van der Waals surface area contributed by atoms with Crippen molar-refractivity contribution in [2.45, 2.75) is 44.9 Å². The van der Waals surface area contributed by atoms with Gasteiger partial charge >= 0.3 is 0 Å². The van der Waals surface area contributed by atoms with Gasteiger partial charge in [0.15, 0.2) is 0 Å². The van der Waals surface area contributed by atoms with Crippen LogP contribution in [0.15, 0.2) is 46.4 Å². The van der Waals surface area contributed by atoms with Crippen LogP contribution in [0.1, 0.15) is 42.9 Å². The fourth-order valence-electron chi connectivity index (χ4n) is 4.42. The number of hydrogen-bond acceptors (Lipinski definition) is 8. The molecule has 1 aromatic heterocycles. The number of benzene rings is 2. The van der Waals surface area contributed by atoms with Gasteiger partial charge in [-0.05, 0) is 56.0 Å². The Bertz CT molecular complexity index is 1290. The second-order valence-electron chi connectivity index (χ2n) is 8.69. The minimum absolute atomic E-state index is 0.00742. The van der Waals surface area contributed by atoms with Gasteiger partial charge in [-0.2, -0.15) is 5.26 Å². The number of ether oxygens (including phenoxy) is 1. The van der Waals surface area contributed by atoms with Crippen molar-refractivity contribution < 1.29 is 4.74 Å². The smallest absolute Gasteiger partial charge is 0.148 e. The maximum absolute atomic E-state index is 9.56. The van der Waals surface area contributed by atoms with Gasteiger partial charge in [-0.25, -0.2) is 0 Å². The first-order chi connectivity index (χ1) is 16.6. The first-order valence-electron chi connectivity index (χ1n) is 11.5. The minimum atomic E-state index is 0.00742. The van der Waals surface area contributed by atoms with Crippen LogP contribution in [0.25, 0.3) is 21.1 Å². The molecule has 7 nitrogen and oxygen atoms in total. The molecule has 2 aromatic carbocycles. The summed E-state index contributed by atoms with van der Waals surface area (Å²) < 4.78 is 5.74. The largest absolute Gasteiger partial charge is 0.490 e. The third-order valence-corrected chi connectivity index (χ3v) is 6.98. The Morgan fingerprint density at radius 3 is 2.94 bits per heavy atom. The zero-order chi connectivity index (χ0) is 23.5. The molecule has 3 aromatic rings. The van der Waals surface area contributed by atoms with Crippen LogP contribution in [0.2, 0.25) is 0 Å². The van der Waals surface area contributed by atoms with Crippen molar-refractivity contribution >= 4 is 23.8 Å². The maximum atomic E-state index is 9.56. The number of aromatic nitrogens is 2. The highest BCUT2D eigenvalue weighted by Crippen LogP contribution is 2.40. The molecule has 0 fully saturated rings. The Labute approximate surface area is 203 Å². The zero-order valence-electron chi connectivity index (χ0n) is 19.2. The fourth-order valence-corrected chi connectivity index (χ4v) is 5.31. The Hall–Kier alpha value is -3.41. The monoisotopic (exact) mass is 470 g/mol. The molecule has 0 amide bonds. The van der Waals surface area contributed by atoms with Crippen molar-refractivity contribution in [1.29, 1.82) is 5.26 Å². The number of nitriles is 1. The summed E-state index contributed by atoms with van der Waals surface area (Å²) in [6, 6.07) is 14.3. The van der Waals surface area contributed by atoms with Gasteiger partial charge < -0.3 is 4.74 Å². The maximum Gasteiger partial charge on any atom is 0.148 e. The van der Waals surface area contributed by atoms with Gasteiger partial charge in [0.05, 0.1) is 18.2 Å². The Morgan fingerprint density at radius 1 is 1.26 bits per heavy atom. The highest BCUT2D eigenvalue weighted by atomic mass is 32.1. The lowest BCUT2D eigenvalue weighted by atomic mass is 9.99. The van der Waals surface area contributed by atoms with E-state index in [0.717, 1.165) is 40.5 Å². The highest BCUT2D eigenvalue weighted by molar-refractivity contribution is 7.17. The lowest BCUT2D eigenvalue weighted by Gasteiger charge is -2.11. The zero-order valence-corrected chi connectivity index (χ0v) is 20.0. The Kier molecular flexibility index (Phi) is 6.48. The standard InChI is InChI=1S/C26H26N6OS/c1-16(2)33-23-9-7-17(12-19(23)13-27)25-31-32-26(34-25)22-5-3-4-20-18(6-8-21(20)22)14-28-15-24-29-10-11-30-24/h3-5,7,9-10,12,14,16,18,24,30H,6,8,11,15H2,1-2H3. The molecule has 2 atom stereocenters. The molecule has 1 aliphatic carbocycles. The lowest BCUT2D eigenvalue weighted by Crippen LogP contribution is -2.25. The molecular weight excluding hydrogens is 444 g/mol. The molecule has 2 aliphatic rings. The number of hydrogen-bond donors (Lipinski definition) is 1. The molecule has 0 saturated carbocycles. The number of rotatable bonds is 7.